The number of aromatic nitrogens is 2. The van der Waals surface area contributed by atoms with E-state index in [1.165, 1.54) is 24.3 Å². The highest BCUT2D eigenvalue weighted by atomic mass is 32.2. The molecule has 41 heavy (non-hydrogen) atoms. The van der Waals surface area contributed by atoms with Crippen molar-refractivity contribution in [3.8, 4) is 0 Å². The molecule has 0 aliphatic carbocycles. The van der Waals surface area contributed by atoms with Crippen molar-refractivity contribution in [1.29, 1.82) is 0 Å². The number of benzene rings is 1. The summed E-state index contributed by atoms with van der Waals surface area (Å²) < 4.78 is 44.4. The molecule has 0 spiro atoms. The zero-order chi connectivity index (χ0) is 30.1. The van der Waals surface area contributed by atoms with Crippen molar-refractivity contribution in [2.75, 3.05) is 23.3 Å². The molecule has 2 aliphatic heterocycles. The van der Waals surface area contributed by atoms with Crippen LogP contribution in [0.2, 0.25) is 0 Å². The van der Waals surface area contributed by atoms with Crippen molar-refractivity contribution >= 4 is 21.7 Å². The van der Waals surface area contributed by atoms with Crippen LogP contribution in [0.4, 0.5) is 11.6 Å². The lowest BCUT2D eigenvalue weighted by Gasteiger charge is -2.46. The molecule has 1 aromatic heterocycles. The molecule has 17 heteroatoms. The van der Waals surface area contributed by atoms with Crippen LogP contribution in [0.5, 0.6) is 0 Å². The van der Waals surface area contributed by atoms with Gasteiger partial charge in [-0.3, -0.25) is 0 Å². The van der Waals surface area contributed by atoms with Gasteiger partial charge in [0.2, 0.25) is 5.95 Å². The van der Waals surface area contributed by atoms with E-state index in [1.807, 2.05) is 0 Å². The van der Waals surface area contributed by atoms with Crippen LogP contribution < -0.4 is 10.0 Å². The topological polar surface area (TPSA) is 253 Å². The third kappa shape index (κ3) is 6.92. The van der Waals surface area contributed by atoms with E-state index in [-0.39, 0.29) is 10.8 Å². The van der Waals surface area contributed by atoms with Crippen LogP contribution in [-0.2, 0) is 24.2 Å². The first-order valence-electron chi connectivity index (χ1n) is 12.6. The number of hydrogen-bond acceptors (Lipinski definition) is 15. The third-order valence-corrected chi connectivity index (χ3v) is 8.03. The van der Waals surface area contributed by atoms with Crippen LogP contribution in [-0.4, -0.2) is 129 Å². The van der Waals surface area contributed by atoms with Gasteiger partial charge in [0.25, 0.3) is 10.0 Å². The Labute approximate surface area is 235 Å². The average Bonchev–Trinajstić information content (AvgIpc) is 2.92. The fraction of sp³-hybridized carbons (Fsp3) is 0.583. The highest BCUT2D eigenvalue weighted by molar-refractivity contribution is 7.92. The van der Waals surface area contributed by atoms with Crippen LogP contribution in [0.25, 0.3) is 0 Å². The highest BCUT2D eigenvalue weighted by Crippen LogP contribution is 2.30. The van der Waals surface area contributed by atoms with Crippen LogP contribution >= 0.6 is 0 Å². The molecule has 0 amide bonds. The van der Waals surface area contributed by atoms with Crippen molar-refractivity contribution < 1.29 is 58.4 Å². The Morgan fingerprint density at radius 1 is 0.829 bits per heavy atom. The Hall–Kier alpha value is -2.55. The first-order chi connectivity index (χ1) is 19.3. The van der Waals surface area contributed by atoms with E-state index in [9.17, 15) is 44.2 Å². The number of aliphatic hydroxyl groups is 7. The molecule has 228 valence electrons. The van der Waals surface area contributed by atoms with Gasteiger partial charge in [-0.1, -0.05) is 0 Å². The van der Waals surface area contributed by atoms with Gasteiger partial charge in [-0.2, -0.15) is 0 Å². The highest BCUT2D eigenvalue weighted by Gasteiger charge is 2.50. The summed E-state index contributed by atoms with van der Waals surface area (Å²) in [4.78, 5) is 8.03. The normalized spacial score (nSPS) is 34.3. The number of hydrogen-bond donors (Lipinski definition) is 9. The minimum atomic E-state index is -4.02. The maximum atomic E-state index is 12.8. The maximum absolute atomic E-state index is 12.8. The number of aryl methyl sites for hydroxylation is 2. The van der Waals surface area contributed by atoms with Gasteiger partial charge in [0.15, 0.2) is 12.5 Å². The van der Waals surface area contributed by atoms with Gasteiger partial charge in [-0.05, 0) is 44.2 Å². The van der Waals surface area contributed by atoms with Gasteiger partial charge < -0.3 is 55.3 Å². The monoisotopic (exact) mass is 602 g/mol. The molecule has 1 aromatic carbocycles. The summed E-state index contributed by atoms with van der Waals surface area (Å²) in [5.74, 6) is -0.0760. The fourth-order valence-corrected chi connectivity index (χ4v) is 5.50. The van der Waals surface area contributed by atoms with Crippen LogP contribution in [0.3, 0.4) is 0 Å². The van der Waals surface area contributed by atoms with Crippen LogP contribution in [0.1, 0.15) is 11.4 Å². The van der Waals surface area contributed by atoms with Crippen molar-refractivity contribution in [3.63, 3.8) is 0 Å². The number of ether oxygens (including phenoxy) is 3. The Kier molecular flexibility index (Phi) is 9.77. The Balaban J connectivity index is 1.42. The number of rotatable bonds is 9. The summed E-state index contributed by atoms with van der Waals surface area (Å²) in [6, 6.07) is 7.05. The van der Waals surface area contributed by atoms with E-state index < -0.39 is 84.6 Å². The zero-order valence-electron chi connectivity index (χ0n) is 22.0. The second-order valence-corrected chi connectivity index (χ2v) is 11.5. The molecular weight excluding hydrogens is 568 g/mol. The standard InChI is InChI=1S/C24H34N4O12S/c1-10-7-11(2)26-24(25-10)28-41(36,37)13-5-3-12(4-6-13)27-22-19(34)18(33)21(15(9-30)38-22)40-23-20(35)17(32)16(31)14(8-29)39-23/h3-7,14-23,27,29-35H,8-9H2,1-2H3,(H,25,26,28)/t14-,15-,16+,17+,18-,19-,20-,21-,22+,23+/m1/s1. The van der Waals surface area contributed by atoms with Gasteiger partial charge in [0, 0.05) is 17.1 Å². The SMILES string of the molecule is Cc1cc(C)nc(NS(=O)(=O)c2ccc(N[C@H]3O[C@H](CO)[C@@H](O[C@@H]4O[C@H](CO)[C@H](O)[C@H](O)[C@H]4O)[C@H](O)[C@H]3O)cc2)n1. The molecule has 2 aromatic rings. The molecule has 2 saturated heterocycles. The van der Waals surface area contributed by atoms with E-state index in [0.717, 1.165) is 0 Å². The molecular formula is C24H34N4O12S. The third-order valence-electron chi connectivity index (χ3n) is 6.69. The summed E-state index contributed by atoms with van der Waals surface area (Å²) in [5, 5.41) is 73.7. The molecule has 10 atom stereocenters. The Bertz CT molecular complexity index is 1260. The molecule has 9 N–H and O–H groups in total. The van der Waals surface area contributed by atoms with Crippen molar-refractivity contribution in [2.45, 2.75) is 80.1 Å². The first-order valence-corrected chi connectivity index (χ1v) is 14.1. The molecule has 0 saturated carbocycles. The van der Waals surface area contributed by atoms with Crippen LogP contribution in [0, 0.1) is 13.8 Å². The molecule has 0 unspecified atom stereocenters. The van der Waals surface area contributed by atoms with E-state index in [2.05, 4.69) is 20.0 Å². The lowest BCUT2D eigenvalue weighted by atomic mass is 9.96. The van der Waals surface area contributed by atoms with Crippen molar-refractivity contribution in [2.24, 2.45) is 0 Å². The second-order valence-electron chi connectivity index (χ2n) is 9.81. The quantitative estimate of drug-likeness (QED) is 0.138. The van der Waals surface area contributed by atoms with E-state index in [1.54, 1.807) is 19.9 Å². The lowest BCUT2D eigenvalue weighted by molar-refractivity contribution is -0.340. The van der Waals surface area contributed by atoms with Crippen LogP contribution in [0.15, 0.2) is 35.2 Å². The minimum Gasteiger partial charge on any atom is -0.394 e. The van der Waals surface area contributed by atoms with E-state index in [0.29, 0.717) is 17.1 Å². The molecule has 0 radical (unpaired) electrons. The molecule has 16 nitrogen and oxygen atoms in total. The maximum Gasteiger partial charge on any atom is 0.264 e. The second kappa shape index (κ2) is 12.8. The Morgan fingerprint density at radius 3 is 2.02 bits per heavy atom. The van der Waals surface area contributed by atoms with Gasteiger partial charge >= 0.3 is 0 Å². The van der Waals surface area contributed by atoms with Gasteiger partial charge in [0.05, 0.1) is 18.1 Å². The Morgan fingerprint density at radius 2 is 1.44 bits per heavy atom. The predicted molar refractivity (Wildman–Crippen MR) is 139 cm³/mol. The average molecular weight is 603 g/mol. The summed E-state index contributed by atoms with van der Waals surface area (Å²) in [6.07, 6.45) is -15.4. The summed E-state index contributed by atoms with van der Waals surface area (Å²) in [6.45, 7) is 2.00. The summed E-state index contributed by atoms with van der Waals surface area (Å²) in [7, 11) is -4.02. The number of nitrogens with one attached hydrogen (secondary N) is 2. The molecule has 0 bridgehead atoms. The first kappa shape index (κ1) is 31.4. The van der Waals surface area contributed by atoms with Crippen molar-refractivity contribution in [3.05, 3.63) is 41.7 Å². The summed E-state index contributed by atoms with van der Waals surface area (Å²) in [5.41, 5.74) is 1.47. The number of anilines is 2. The molecule has 3 heterocycles. The van der Waals surface area contributed by atoms with Gasteiger partial charge in [0.1, 0.15) is 48.8 Å². The molecule has 2 fully saturated rings. The van der Waals surface area contributed by atoms with Crippen molar-refractivity contribution in [1.82, 2.24) is 9.97 Å². The fourth-order valence-electron chi connectivity index (χ4n) is 4.55. The lowest BCUT2D eigenvalue weighted by Crippen LogP contribution is -2.65. The molecule has 2 aliphatic rings. The number of nitrogens with zero attached hydrogens (tertiary/aromatic N) is 2. The number of aliphatic hydroxyl groups excluding tert-OH is 7. The zero-order valence-corrected chi connectivity index (χ0v) is 22.9. The smallest absolute Gasteiger partial charge is 0.264 e. The minimum absolute atomic E-state index is 0.0760. The molecule has 4 rings (SSSR count). The van der Waals surface area contributed by atoms with Gasteiger partial charge in [-0.15, -0.1) is 0 Å². The predicted octanol–water partition coefficient (Wildman–Crippen LogP) is -3.07. The number of sulfonamides is 1. The van der Waals surface area contributed by atoms with E-state index in [4.69, 9.17) is 14.2 Å². The van der Waals surface area contributed by atoms with E-state index >= 15 is 0 Å². The summed E-state index contributed by atoms with van der Waals surface area (Å²) >= 11 is 0. The van der Waals surface area contributed by atoms with Gasteiger partial charge in [-0.25, -0.2) is 23.1 Å². The largest absolute Gasteiger partial charge is 0.394 e.